The van der Waals surface area contributed by atoms with E-state index in [1.807, 2.05) is 39.0 Å². The number of ether oxygens (including phenoxy) is 1. The lowest BCUT2D eigenvalue weighted by Crippen LogP contribution is -2.24. The lowest BCUT2D eigenvalue weighted by atomic mass is 10.1. The molecular formula is C26H27N5O3S. The third-order valence-electron chi connectivity index (χ3n) is 5.13. The predicted molar refractivity (Wildman–Crippen MR) is 136 cm³/mol. The number of benzene rings is 1. The molecule has 3 heterocycles. The number of nitrogens with zero attached hydrogens (tertiary/aromatic N) is 4. The average molecular weight is 490 g/mol. The summed E-state index contributed by atoms with van der Waals surface area (Å²) in [5.74, 6) is 0.366. The Bertz CT molecular complexity index is 1370. The van der Waals surface area contributed by atoms with Crippen LogP contribution in [-0.4, -0.2) is 31.8 Å². The molecule has 0 radical (unpaired) electrons. The number of thiazole rings is 1. The van der Waals surface area contributed by atoms with Crippen LogP contribution in [0.1, 0.15) is 34.4 Å². The van der Waals surface area contributed by atoms with Gasteiger partial charge in [-0.3, -0.25) is 14.6 Å². The molecule has 9 heteroatoms. The largest absolute Gasteiger partial charge is 0.490 e. The van der Waals surface area contributed by atoms with E-state index in [1.165, 1.54) is 27.6 Å². The molecule has 4 rings (SSSR count). The number of pyridine rings is 1. The Hall–Kier alpha value is -3.85. The van der Waals surface area contributed by atoms with Crippen molar-refractivity contribution in [3.63, 3.8) is 0 Å². The van der Waals surface area contributed by atoms with Gasteiger partial charge in [0.1, 0.15) is 5.75 Å². The van der Waals surface area contributed by atoms with Gasteiger partial charge in [0.2, 0.25) is 5.91 Å². The fourth-order valence-electron chi connectivity index (χ4n) is 3.64. The molecule has 0 bridgehead atoms. The molecule has 1 aromatic carbocycles. The van der Waals surface area contributed by atoms with E-state index in [2.05, 4.69) is 32.5 Å². The summed E-state index contributed by atoms with van der Waals surface area (Å²) in [6, 6.07) is 16.8. The Morgan fingerprint density at radius 1 is 1.11 bits per heavy atom. The number of amides is 1. The second-order valence-electron chi connectivity index (χ2n) is 8.38. The number of carbonyl (C=O) groups is 1. The predicted octanol–water partition coefficient (Wildman–Crippen LogP) is 3.95. The zero-order valence-electron chi connectivity index (χ0n) is 19.9. The first-order valence-corrected chi connectivity index (χ1v) is 12.1. The maximum Gasteiger partial charge on any atom is 0.267 e. The fourth-order valence-corrected chi connectivity index (χ4v) is 4.32. The molecule has 3 aromatic heterocycles. The van der Waals surface area contributed by atoms with Crippen molar-refractivity contribution in [2.45, 2.75) is 46.3 Å². The van der Waals surface area contributed by atoms with Crippen LogP contribution in [0.4, 0.5) is 5.13 Å². The average Bonchev–Trinajstić information content (AvgIpc) is 3.21. The normalized spacial score (nSPS) is 11.7. The molecule has 4 aromatic rings. The van der Waals surface area contributed by atoms with Crippen LogP contribution in [0, 0.1) is 13.8 Å². The van der Waals surface area contributed by atoms with Gasteiger partial charge in [0, 0.05) is 35.7 Å². The highest BCUT2D eigenvalue weighted by molar-refractivity contribution is 7.15. The SMILES string of the molecule is Cc1ccc(=O)n(Cc2cc(O[C@@H](C)Cc3ccccc3)cc(CC(=O)Nc3ncc(C)s3)n2)n1. The lowest BCUT2D eigenvalue weighted by Gasteiger charge is -2.17. The quantitative estimate of drug-likeness (QED) is 0.382. The highest BCUT2D eigenvalue weighted by Gasteiger charge is 2.14. The van der Waals surface area contributed by atoms with Gasteiger partial charge in [-0.1, -0.05) is 30.3 Å². The van der Waals surface area contributed by atoms with Gasteiger partial charge < -0.3 is 10.1 Å². The van der Waals surface area contributed by atoms with Crippen LogP contribution in [0.3, 0.4) is 0 Å². The summed E-state index contributed by atoms with van der Waals surface area (Å²) in [5, 5.41) is 7.66. The number of carbonyl (C=O) groups excluding carboxylic acids is 1. The van der Waals surface area contributed by atoms with Crippen molar-refractivity contribution >= 4 is 22.4 Å². The van der Waals surface area contributed by atoms with Gasteiger partial charge in [-0.2, -0.15) is 5.10 Å². The highest BCUT2D eigenvalue weighted by atomic mass is 32.1. The highest BCUT2D eigenvalue weighted by Crippen LogP contribution is 2.20. The van der Waals surface area contributed by atoms with E-state index in [1.54, 1.807) is 24.4 Å². The molecule has 0 spiro atoms. The van der Waals surface area contributed by atoms with Crippen LogP contribution in [-0.2, 0) is 24.2 Å². The maximum absolute atomic E-state index is 12.6. The van der Waals surface area contributed by atoms with E-state index in [0.717, 1.165) is 17.0 Å². The molecule has 0 unspecified atom stereocenters. The molecule has 1 amide bonds. The van der Waals surface area contributed by atoms with Gasteiger partial charge in [0.25, 0.3) is 5.56 Å². The zero-order valence-corrected chi connectivity index (χ0v) is 20.7. The van der Waals surface area contributed by atoms with Crippen molar-refractivity contribution in [1.82, 2.24) is 19.7 Å². The minimum Gasteiger partial charge on any atom is -0.490 e. The number of nitrogens with one attached hydrogen (secondary N) is 1. The van der Waals surface area contributed by atoms with Crippen LogP contribution in [0.25, 0.3) is 0 Å². The summed E-state index contributed by atoms with van der Waals surface area (Å²) in [7, 11) is 0. The molecule has 0 aliphatic carbocycles. The van der Waals surface area contributed by atoms with Crippen molar-refractivity contribution in [3.8, 4) is 5.75 Å². The topological polar surface area (TPSA) is 99.0 Å². The Kier molecular flexibility index (Phi) is 7.67. The fraction of sp³-hybridized carbons (Fsp3) is 0.269. The Balaban J connectivity index is 1.56. The monoisotopic (exact) mass is 489 g/mol. The van der Waals surface area contributed by atoms with Crippen molar-refractivity contribution in [2.24, 2.45) is 0 Å². The first-order valence-electron chi connectivity index (χ1n) is 11.3. The summed E-state index contributed by atoms with van der Waals surface area (Å²) < 4.78 is 7.56. The van der Waals surface area contributed by atoms with Gasteiger partial charge in [0.05, 0.1) is 36.2 Å². The molecule has 0 fully saturated rings. The van der Waals surface area contributed by atoms with Crippen molar-refractivity contribution in [2.75, 3.05) is 5.32 Å². The van der Waals surface area contributed by atoms with Crippen molar-refractivity contribution < 1.29 is 9.53 Å². The zero-order chi connectivity index (χ0) is 24.8. The van der Waals surface area contributed by atoms with E-state index >= 15 is 0 Å². The first kappa shape index (κ1) is 24.3. The number of hydrogen-bond donors (Lipinski definition) is 1. The van der Waals surface area contributed by atoms with E-state index in [9.17, 15) is 9.59 Å². The Morgan fingerprint density at radius 2 is 1.89 bits per heavy atom. The standard InChI is InChI=1S/C26H27N5O3S/c1-17-9-10-25(33)31(30-17)16-22-13-23(34-18(2)11-20-7-5-4-6-8-20)12-21(28-22)14-24(32)29-26-27-15-19(3)35-26/h4-10,12-13,15,18H,11,14,16H2,1-3H3,(H,27,29,32)/t18-/m0/s1. The summed E-state index contributed by atoms with van der Waals surface area (Å²) >= 11 is 1.41. The van der Waals surface area contributed by atoms with E-state index in [4.69, 9.17) is 4.74 Å². The molecule has 35 heavy (non-hydrogen) atoms. The van der Waals surface area contributed by atoms with Crippen LogP contribution in [0.15, 0.2) is 65.6 Å². The van der Waals surface area contributed by atoms with Gasteiger partial charge in [0.15, 0.2) is 5.13 Å². The van der Waals surface area contributed by atoms with Crippen molar-refractivity contribution in [1.29, 1.82) is 0 Å². The number of anilines is 1. The van der Waals surface area contributed by atoms with Gasteiger partial charge in [-0.25, -0.2) is 9.67 Å². The lowest BCUT2D eigenvalue weighted by molar-refractivity contribution is -0.115. The molecule has 8 nitrogen and oxygen atoms in total. The van der Waals surface area contributed by atoms with Gasteiger partial charge >= 0.3 is 0 Å². The van der Waals surface area contributed by atoms with Crippen molar-refractivity contribution in [3.05, 3.63) is 98.7 Å². The third-order valence-corrected chi connectivity index (χ3v) is 5.96. The van der Waals surface area contributed by atoms with Crippen LogP contribution in [0.5, 0.6) is 5.75 Å². The molecule has 180 valence electrons. The minimum absolute atomic E-state index is 0.0477. The van der Waals surface area contributed by atoms with E-state index in [-0.39, 0.29) is 30.5 Å². The third kappa shape index (κ3) is 7.07. The number of hydrogen-bond acceptors (Lipinski definition) is 7. The second-order valence-corrected chi connectivity index (χ2v) is 9.61. The smallest absolute Gasteiger partial charge is 0.267 e. The van der Waals surface area contributed by atoms with Gasteiger partial charge in [-0.15, -0.1) is 11.3 Å². The summed E-state index contributed by atoms with van der Waals surface area (Å²) in [5.41, 5.74) is 2.80. The van der Waals surface area contributed by atoms with Crippen LogP contribution >= 0.6 is 11.3 Å². The van der Waals surface area contributed by atoms with Crippen LogP contribution in [0.2, 0.25) is 0 Å². The first-order chi connectivity index (χ1) is 16.8. The molecule has 0 saturated heterocycles. The second kappa shape index (κ2) is 11.1. The number of aryl methyl sites for hydroxylation is 2. The van der Waals surface area contributed by atoms with Gasteiger partial charge in [-0.05, 0) is 32.4 Å². The molecule has 1 atom stereocenters. The Morgan fingerprint density at radius 3 is 2.63 bits per heavy atom. The molecular weight excluding hydrogens is 462 g/mol. The summed E-state index contributed by atoms with van der Waals surface area (Å²) in [6.07, 6.45) is 2.39. The Labute approximate surface area is 207 Å². The summed E-state index contributed by atoms with van der Waals surface area (Å²) in [6.45, 7) is 5.92. The summed E-state index contributed by atoms with van der Waals surface area (Å²) in [4.78, 5) is 34.7. The van der Waals surface area contributed by atoms with Crippen LogP contribution < -0.4 is 15.6 Å². The van der Waals surface area contributed by atoms with E-state index < -0.39 is 0 Å². The number of rotatable bonds is 9. The number of aromatic nitrogens is 4. The molecule has 1 N–H and O–H groups in total. The molecule has 0 saturated carbocycles. The minimum atomic E-state index is -0.224. The molecule has 0 aliphatic rings. The molecule has 0 aliphatic heterocycles. The maximum atomic E-state index is 12.6. The van der Waals surface area contributed by atoms with E-state index in [0.29, 0.717) is 22.3 Å².